The van der Waals surface area contributed by atoms with E-state index in [0.29, 0.717) is 18.8 Å². The third kappa shape index (κ3) is 4.66. The van der Waals surface area contributed by atoms with Crippen molar-refractivity contribution in [3.05, 3.63) is 91.0 Å². The van der Waals surface area contributed by atoms with Crippen LogP contribution in [0.4, 0.5) is 5.69 Å². The molecule has 30 heavy (non-hydrogen) atoms. The molecule has 4 aromatic rings. The molecule has 4 heteroatoms. The van der Waals surface area contributed by atoms with Crippen LogP contribution in [0, 0.1) is 0 Å². The number of carbonyl (C=O) groups excluding carboxylic acids is 1. The Kier molecular flexibility index (Phi) is 6.04. The number of hydrogen-bond acceptors (Lipinski definition) is 4. The van der Waals surface area contributed by atoms with Gasteiger partial charge >= 0.3 is 0 Å². The standard InChI is InChI=1S/C26H24N2O2/c1-28(23-14-11-21(12-15-23)20-7-3-2-4-8-20)18-17-24(19-29)30-26-16-13-22-9-5-6-10-25(22)27-26/h2-16,19,24H,17-18H2,1H3. The zero-order chi connectivity index (χ0) is 20.8. The Balaban J connectivity index is 1.36. The molecule has 0 aliphatic rings. The lowest BCUT2D eigenvalue weighted by molar-refractivity contribution is -0.113. The summed E-state index contributed by atoms with van der Waals surface area (Å²) >= 11 is 0. The fraction of sp³-hybridized carbons (Fsp3) is 0.154. The normalized spacial score (nSPS) is 11.8. The van der Waals surface area contributed by atoms with Crippen molar-refractivity contribution in [2.75, 3.05) is 18.5 Å². The van der Waals surface area contributed by atoms with Gasteiger partial charge in [-0.25, -0.2) is 4.98 Å². The molecule has 0 saturated carbocycles. The number of nitrogens with zero attached hydrogens (tertiary/aromatic N) is 2. The quantitative estimate of drug-likeness (QED) is 0.375. The van der Waals surface area contributed by atoms with Crippen LogP contribution in [0.2, 0.25) is 0 Å². The smallest absolute Gasteiger partial charge is 0.214 e. The van der Waals surface area contributed by atoms with Crippen molar-refractivity contribution in [3.8, 4) is 17.0 Å². The van der Waals surface area contributed by atoms with Gasteiger partial charge in [0.15, 0.2) is 12.4 Å². The molecule has 0 N–H and O–H groups in total. The van der Waals surface area contributed by atoms with E-state index in [1.807, 2.05) is 61.6 Å². The SMILES string of the molecule is CN(CCC(C=O)Oc1ccc2ccccc2n1)c1ccc(-c2ccccc2)cc1. The third-order valence-corrected chi connectivity index (χ3v) is 5.16. The molecule has 1 unspecified atom stereocenters. The van der Waals surface area contributed by atoms with Crippen molar-refractivity contribution >= 4 is 22.9 Å². The monoisotopic (exact) mass is 396 g/mol. The minimum Gasteiger partial charge on any atom is -0.467 e. The molecule has 1 aromatic heterocycles. The molecule has 0 radical (unpaired) electrons. The van der Waals surface area contributed by atoms with Crippen molar-refractivity contribution in [1.29, 1.82) is 0 Å². The second kappa shape index (κ2) is 9.23. The highest BCUT2D eigenvalue weighted by Gasteiger charge is 2.12. The molecule has 0 aliphatic carbocycles. The van der Waals surface area contributed by atoms with Crippen LogP contribution in [0.5, 0.6) is 5.88 Å². The zero-order valence-electron chi connectivity index (χ0n) is 16.9. The Hall–Kier alpha value is -3.66. The fourth-order valence-electron chi connectivity index (χ4n) is 3.41. The second-order valence-corrected chi connectivity index (χ2v) is 7.26. The lowest BCUT2D eigenvalue weighted by Gasteiger charge is -2.22. The lowest BCUT2D eigenvalue weighted by atomic mass is 10.1. The van der Waals surface area contributed by atoms with E-state index in [0.717, 1.165) is 22.9 Å². The number of pyridine rings is 1. The number of ether oxygens (including phenoxy) is 1. The first kappa shape index (κ1) is 19.6. The van der Waals surface area contributed by atoms with Gasteiger partial charge in [-0.1, -0.05) is 60.7 Å². The maximum atomic E-state index is 11.6. The summed E-state index contributed by atoms with van der Waals surface area (Å²) in [6.07, 6.45) is 0.891. The van der Waals surface area contributed by atoms with Crippen LogP contribution in [0.3, 0.4) is 0 Å². The van der Waals surface area contributed by atoms with Gasteiger partial charge < -0.3 is 9.64 Å². The molecular weight excluding hydrogens is 372 g/mol. The van der Waals surface area contributed by atoms with Gasteiger partial charge in [0.2, 0.25) is 5.88 Å². The van der Waals surface area contributed by atoms with Gasteiger partial charge in [0, 0.05) is 37.2 Å². The molecule has 0 aliphatic heterocycles. The van der Waals surface area contributed by atoms with Crippen molar-refractivity contribution in [1.82, 2.24) is 4.98 Å². The van der Waals surface area contributed by atoms with Gasteiger partial charge in [-0.3, -0.25) is 4.79 Å². The van der Waals surface area contributed by atoms with Gasteiger partial charge in [-0.15, -0.1) is 0 Å². The molecule has 0 spiro atoms. The van der Waals surface area contributed by atoms with Gasteiger partial charge in [-0.05, 0) is 35.4 Å². The molecule has 150 valence electrons. The minimum absolute atomic E-state index is 0.473. The number of anilines is 1. The fourth-order valence-corrected chi connectivity index (χ4v) is 3.41. The average Bonchev–Trinajstić information content (AvgIpc) is 2.82. The largest absolute Gasteiger partial charge is 0.467 e. The summed E-state index contributed by atoms with van der Waals surface area (Å²) in [7, 11) is 2.02. The van der Waals surface area contributed by atoms with E-state index in [-0.39, 0.29) is 0 Å². The minimum atomic E-state index is -0.537. The first-order valence-corrected chi connectivity index (χ1v) is 10.1. The number of benzene rings is 3. The Morgan fingerprint density at radius 3 is 2.33 bits per heavy atom. The van der Waals surface area contributed by atoms with Crippen LogP contribution in [-0.2, 0) is 4.79 Å². The molecule has 4 nitrogen and oxygen atoms in total. The van der Waals surface area contributed by atoms with Crippen LogP contribution in [-0.4, -0.2) is 31.0 Å². The molecule has 0 bridgehead atoms. The van der Waals surface area contributed by atoms with Crippen molar-refractivity contribution in [2.45, 2.75) is 12.5 Å². The number of rotatable bonds is 8. The highest BCUT2D eigenvalue weighted by Crippen LogP contribution is 2.23. The Morgan fingerprint density at radius 2 is 1.57 bits per heavy atom. The van der Waals surface area contributed by atoms with Crippen LogP contribution in [0.25, 0.3) is 22.0 Å². The maximum Gasteiger partial charge on any atom is 0.214 e. The summed E-state index contributed by atoms with van der Waals surface area (Å²) in [5, 5.41) is 1.05. The van der Waals surface area contributed by atoms with E-state index in [1.54, 1.807) is 0 Å². The molecule has 1 heterocycles. The van der Waals surface area contributed by atoms with E-state index in [9.17, 15) is 4.79 Å². The molecule has 4 rings (SSSR count). The predicted octanol–water partition coefficient (Wildman–Crippen LogP) is 5.37. The van der Waals surface area contributed by atoms with Crippen LogP contribution in [0.1, 0.15) is 6.42 Å². The second-order valence-electron chi connectivity index (χ2n) is 7.26. The van der Waals surface area contributed by atoms with Crippen molar-refractivity contribution in [3.63, 3.8) is 0 Å². The summed E-state index contributed by atoms with van der Waals surface area (Å²) < 4.78 is 5.83. The van der Waals surface area contributed by atoms with Gasteiger partial charge in [0.1, 0.15) is 0 Å². The van der Waals surface area contributed by atoms with Crippen LogP contribution in [0.15, 0.2) is 91.0 Å². The van der Waals surface area contributed by atoms with E-state index in [2.05, 4.69) is 46.3 Å². The zero-order valence-corrected chi connectivity index (χ0v) is 16.9. The van der Waals surface area contributed by atoms with E-state index in [4.69, 9.17) is 4.74 Å². The van der Waals surface area contributed by atoms with Crippen molar-refractivity contribution in [2.24, 2.45) is 0 Å². The van der Waals surface area contributed by atoms with Crippen LogP contribution < -0.4 is 9.64 Å². The van der Waals surface area contributed by atoms with Crippen LogP contribution >= 0.6 is 0 Å². The molecule has 0 fully saturated rings. The molecule has 0 amide bonds. The molecule has 3 aromatic carbocycles. The Morgan fingerprint density at radius 1 is 0.867 bits per heavy atom. The molecular formula is C26H24N2O2. The average molecular weight is 396 g/mol. The number of aromatic nitrogens is 1. The summed E-state index contributed by atoms with van der Waals surface area (Å²) in [4.78, 5) is 18.2. The third-order valence-electron chi connectivity index (χ3n) is 5.16. The maximum absolute atomic E-state index is 11.6. The summed E-state index contributed by atoms with van der Waals surface area (Å²) in [5.41, 5.74) is 4.34. The summed E-state index contributed by atoms with van der Waals surface area (Å²) in [6.45, 7) is 0.696. The van der Waals surface area contributed by atoms with Gasteiger partial charge in [-0.2, -0.15) is 0 Å². The first-order chi connectivity index (χ1) is 14.7. The number of carbonyl (C=O) groups is 1. The highest BCUT2D eigenvalue weighted by atomic mass is 16.5. The molecule has 0 saturated heterocycles. The molecule has 1 atom stereocenters. The number of fused-ring (bicyclic) bond motifs is 1. The number of hydrogen-bond donors (Lipinski definition) is 0. The van der Waals surface area contributed by atoms with E-state index in [1.165, 1.54) is 11.1 Å². The van der Waals surface area contributed by atoms with Gasteiger partial charge in [0.25, 0.3) is 0 Å². The van der Waals surface area contributed by atoms with E-state index < -0.39 is 6.10 Å². The topological polar surface area (TPSA) is 42.4 Å². The summed E-state index contributed by atoms with van der Waals surface area (Å²) in [6, 6.07) is 30.4. The Bertz CT molecular complexity index is 1110. The highest BCUT2D eigenvalue weighted by molar-refractivity contribution is 5.78. The summed E-state index contributed by atoms with van der Waals surface area (Å²) in [5.74, 6) is 0.473. The Labute approximate surface area is 176 Å². The number of para-hydroxylation sites is 1. The van der Waals surface area contributed by atoms with E-state index >= 15 is 0 Å². The predicted molar refractivity (Wildman–Crippen MR) is 122 cm³/mol. The number of aldehydes is 1. The lowest BCUT2D eigenvalue weighted by Crippen LogP contribution is -2.27. The van der Waals surface area contributed by atoms with Crippen molar-refractivity contribution < 1.29 is 9.53 Å². The van der Waals surface area contributed by atoms with Gasteiger partial charge in [0.05, 0.1) is 5.52 Å². The first-order valence-electron chi connectivity index (χ1n) is 10.1.